The molecule has 3 nitrogen and oxygen atoms in total. The highest BCUT2D eigenvalue weighted by atomic mass is 16.3. The summed E-state index contributed by atoms with van der Waals surface area (Å²) in [6.07, 6.45) is 4.79. The van der Waals surface area contributed by atoms with E-state index in [2.05, 4.69) is 304 Å². The Bertz CT molecular complexity index is 4390. The minimum Gasteiger partial charge on any atom is -0.468 e. The molecule has 4 aliphatic rings. The first-order valence-corrected chi connectivity index (χ1v) is 32.9. The van der Waals surface area contributed by atoms with Gasteiger partial charge in [-0.15, -0.1) is 0 Å². The average Bonchev–Trinajstić information content (AvgIpc) is 1.29. The Morgan fingerprint density at radius 1 is 0.386 bits per heavy atom. The monoisotopic (exact) mass is 1150 g/mol. The van der Waals surface area contributed by atoms with Gasteiger partial charge in [-0.2, -0.15) is 0 Å². The van der Waals surface area contributed by atoms with Gasteiger partial charge in [0.2, 0.25) is 0 Å². The largest absolute Gasteiger partial charge is 0.468 e. The van der Waals surface area contributed by atoms with Gasteiger partial charge in [0.15, 0.2) is 0 Å². The van der Waals surface area contributed by atoms with Crippen molar-refractivity contribution < 1.29 is 4.42 Å². The molecular weight excluding hydrogens is 1060 g/mol. The highest BCUT2D eigenvalue weighted by Crippen LogP contribution is 2.59. The molecule has 2 aliphatic heterocycles. The predicted octanol–water partition coefficient (Wildman–Crippen LogP) is 21.5. The maximum Gasteiger partial charge on any atom is 0.297 e. The molecule has 0 unspecified atom stereocenters. The third kappa shape index (κ3) is 9.42. The Kier molecular flexibility index (Phi) is 13.0. The number of benzene rings is 9. The summed E-state index contributed by atoms with van der Waals surface area (Å²) in [5, 5.41) is 3.60. The fourth-order valence-electron chi connectivity index (χ4n) is 15.5. The minimum absolute atomic E-state index is 0.00389. The zero-order valence-corrected chi connectivity index (χ0v) is 56.0. The zero-order valence-electron chi connectivity index (χ0n) is 56.0. The van der Waals surface area contributed by atoms with E-state index in [-0.39, 0.29) is 50.5 Å². The van der Waals surface area contributed by atoms with Crippen molar-refractivity contribution in [2.45, 2.75) is 194 Å². The van der Waals surface area contributed by atoms with Crippen molar-refractivity contribution in [1.29, 1.82) is 0 Å². The number of fused-ring (bicyclic) bond motifs is 12. The molecule has 88 heavy (non-hydrogen) atoms. The summed E-state index contributed by atoms with van der Waals surface area (Å²) in [5.74, 6) is -0.105. The van der Waals surface area contributed by atoms with Crippen LogP contribution in [0.25, 0.3) is 32.9 Å². The van der Waals surface area contributed by atoms with E-state index < -0.39 is 0 Å². The summed E-state index contributed by atoms with van der Waals surface area (Å²) < 4.78 is 7.65. The third-order valence-corrected chi connectivity index (χ3v) is 20.8. The summed E-state index contributed by atoms with van der Waals surface area (Å²) in [5.41, 5.74) is 29.0. The maximum atomic E-state index is 7.65. The maximum absolute atomic E-state index is 7.65. The van der Waals surface area contributed by atoms with E-state index in [1.54, 1.807) is 0 Å². The summed E-state index contributed by atoms with van der Waals surface area (Å²) in [4.78, 5) is 5.32. The first-order chi connectivity index (χ1) is 41.4. The van der Waals surface area contributed by atoms with Gasteiger partial charge in [0.25, 0.3) is 6.71 Å². The quantitative estimate of drug-likeness (QED) is 0.126. The molecule has 9 aromatic carbocycles. The molecule has 0 bridgehead atoms. The molecule has 2 aliphatic carbocycles. The molecule has 10 aromatic rings. The zero-order chi connectivity index (χ0) is 62.2. The van der Waals surface area contributed by atoms with E-state index in [4.69, 9.17) is 4.42 Å². The van der Waals surface area contributed by atoms with Crippen LogP contribution in [0.5, 0.6) is 0 Å². The minimum atomic E-state index is -0.217. The van der Waals surface area contributed by atoms with E-state index in [1.165, 1.54) is 130 Å². The lowest BCUT2D eigenvalue weighted by Crippen LogP contribution is -2.61. The van der Waals surface area contributed by atoms with Crippen molar-refractivity contribution in [2.24, 2.45) is 0 Å². The summed E-state index contributed by atoms with van der Waals surface area (Å²) in [7, 11) is 0. The second-order valence-electron chi connectivity index (χ2n) is 33.1. The van der Waals surface area contributed by atoms with Gasteiger partial charge in [0.1, 0.15) is 5.58 Å². The van der Waals surface area contributed by atoms with Crippen molar-refractivity contribution in [1.82, 2.24) is 0 Å². The van der Waals surface area contributed by atoms with Crippen LogP contribution >= 0.6 is 0 Å². The molecular formula is C84H91BN2O. The molecule has 0 saturated heterocycles. The van der Waals surface area contributed by atoms with Crippen LogP contribution in [0.2, 0.25) is 0 Å². The van der Waals surface area contributed by atoms with Crippen molar-refractivity contribution in [3.8, 4) is 11.1 Å². The molecule has 0 atom stereocenters. The van der Waals surface area contributed by atoms with Crippen LogP contribution in [0, 0.1) is 0 Å². The number of anilines is 6. The normalized spacial score (nSPS) is 15.6. The molecule has 1 aromatic heterocycles. The summed E-state index contributed by atoms with van der Waals surface area (Å²) in [6, 6.07) is 68.2. The highest BCUT2D eigenvalue weighted by molar-refractivity contribution is 7.00. The standard InChI is InChI=1S/C84H91BN2O/c1-78(2,3)56-27-21-51(22-28-56)74(52-23-29-57(30-24-52)79(4,5)6)55-45-71-75-72(46-55)87(62-35-26-53-43-58(80(7,8)9)31-25-54(53)44-62)76-66-47-59(81(10,11)12)34-40-73(66)88-77(76)85(75)69-49-61(83(16,17)18)33-39-70(69)86(71)63-36-38-65-64-37-32-60(82(13,14)15)48-67(64)84(68(65)50-63)41-19-20-42-84/h21-40,43-50,74H,19-20,41-42H2,1-18H3. The SMILES string of the molecule is CC(C)(C)c1ccc(C(c2ccc(C(C)(C)C)cc2)c2cc3c4c(c2)N(c2ccc5cc(C(C)(C)C)ccc5c2)c2c(oc5ccc(C(C)(C)C)cc25)B4c2cc(C(C)(C)C)ccc2N3c2ccc3c(c2)C2(CCCC2)c2cc(C(C)(C)C)ccc2-3)cc1. The Morgan fingerprint density at radius 2 is 0.830 bits per heavy atom. The van der Waals surface area contributed by atoms with Crippen molar-refractivity contribution in [2.75, 3.05) is 9.80 Å². The Balaban J connectivity index is 1.11. The molecule has 1 fully saturated rings. The van der Waals surface area contributed by atoms with Gasteiger partial charge in [0.05, 0.1) is 11.3 Å². The molecule has 3 heterocycles. The molecule has 1 spiro atoms. The van der Waals surface area contributed by atoms with E-state index in [1.807, 2.05) is 0 Å². The summed E-state index contributed by atoms with van der Waals surface area (Å²) in [6.45, 7) is 41.8. The molecule has 446 valence electrons. The van der Waals surface area contributed by atoms with Crippen molar-refractivity contribution in [3.63, 3.8) is 0 Å². The fraction of sp³-hybridized carbons (Fsp3) is 0.357. The van der Waals surface area contributed by atoms with Gasteiger partial charge in [-0.1, -0.05) is 253 Å². The van der Waals surface area contributed by atoms with Gasteiger partial charge in [0, 0.05) is 45.2 Å². The van der Waals surface area contributed by atoms with Crippen LogP contribution in [0.3, 0.4) is 0 Å². The van der Waals surface area contributed by atoms with Crippen molar-refractivity contribution in [3.05, 3.63) is 231 Å². The number of rotatable bonds is 5. The van der Waals surface area contributed by atoms with Gasteiger partial charge < -0.3 is 14.2 Å². The van der Waals surface area contributed by atoms with E-state index in [0.29, 0.717) is 0 Å². The first kappa shape index (κ1) is 58.1. The Morgan fingerprint density at radius 3 is 1.42 bits per heavy atom. The molecule has 4 heteroatoms. The lowest BCUT2D eigenvalue weighted by molar-refractivity contribution is 0.542. The second kappa shape index (κ2) is 19.7. The number of nitrogens with zero attached hydrogens (tertiary/aromatic N) is 2. The van der Waals surface area contributed by atoms with Gasteiger partial charge in [-0.3, -0.25) is 0 Å². The number of hydrogen-bond donors (Lipinski definition) is 0. The topological polar surface area (TPSA) is 19.6 Å². The second-order valence-corrected chi connectivity index (χ2v) is 33.1. The van der Waals surface area contributed by atoms with Crippen molar-refractivity contribution >= 4 is 79.2 Å². The number of furan rings is 1. The van der Waals surface area contributed by atoms with Crippen LogP contribution in [0.1, 0.15) is 217 Å². The summed E-state index contributed by atoms with van der Waals surface area (Å²) >= 11 is 0. The Labute approximate surface area is 526 Å². The van der Waals surface area contributed by atoms with Crippen LogP contribution in [0.15, 0.2) is 174 Å². The molecule has 14 rings (SSSR count). The van der Waals surface area contributed by atoms with E-state index in [9.17, 15) is 0 Å². The third-order valence-electron chi connectivity index (χ3n) is 20.8. The highest BCUT2D eigenvalue weighted by Gasteiger charge is 2.50. The van der Waals surface area contributed by atoms with Crippen LogP contribution in [-0.2, 0) is 37.9 Å². The van der Waals surface area contributed by atoms with Gasteiger partial charge >= 0.3 is 0 Å². The fourth-order valence-corrected chi connectivity index (χ4v) is 15.5. The average molecular weight is 1160 g/mol. The predicted molar refractivity (Wildman–Crippen MR) is 378 cm³/mol. The van der Waals surface area contributed by atoms with Crippen LogP contribution in [0.4, 0.5) is 34.1 Å². The molecule has 0 N–H and O–H groups in total. The van der Waals surface area contributed by atoms with E-state index in [0.717, 1.165) is 40.8 Å². The molecule has 0 amide bonds. The van der Waals surface area contributed by atoms with Crippen LogP contribution in [-0.4, -0.2) is 6.71 Å². The van der Waals surface area contributed by atoms with Gasteiger partial charge in [-0.25, -0.2) is 0 Å². The van der Waals surface area contributed by atoms with Crippen LogP contribution < -0.4 is 26.4 Å². The molecule has 1 saturated carbocycles. The Hall–Kier alpha value is -7.56. The lowest BCUT2D eigenvalue weighted by Gasteiger charge is -2.44. The van der Waals surface area contributed by atoms with Gasteiger partial charge in [-0.05, 0) is 194 Å². The first-order valence-electron chi connectivity index (χ1n) is 32.9. The lowest BCUT2D eigenvalue weighted by atomic mass is 9.35. The number of hydrogen-bond acceptors (Lipinski definition) is 3. The van der Waals surface area contributed by atoms with E-state index >= 15 is 0 Å². The smallest absolute Gasteiger partial charge is 0.297 e. The molecule has 0 radical (unpaired) electrons.